The molecule has 1 aromatic heterocycles. The average molecular weight is 403 g/mol. The van der Waals surface area contributed by atoms with Gasteiger partial charge in [0.15, 0.2) is 5.82 Å². The van der Waals surface area contributed by atoms with Gasteiger partial charge in [0.1, 0.15) is 11.4 Å². The average Bonchev–Trinajstić information content (AvgIpc) is 2.39. The van der Waals surface area contributed by atoms with Crippen LogP contribution in [-0.4, -0.2) is 23.6 Å². The second-order valence-corrected chi connectivity index (χ2v) is 7.31. The van der Waals surface area contributed by atoms with Crippen LogP contribution >= 0.6 is 22.6 Å². The van der Waals surface area contributed by atoms with Crippen LogP contribution in [0.3, 0.4) is 0 Å². The summed E-state index contributed by atoms with van der Waals surface area (Å²) in [6, 6.07) is 0. The van der Waals surface area contributed by atoms with E-state index >= 15 is 0 Å². The van der Waals surface area contributed by atoms with E-state index in [0.717, 1.165) is 53.1 Å². The molecule has 1 heterocycles. The number of anilines is 1. The zero-order chi connectivity index (χ0) is 15.5. The first kappa shape index (κ1) is 16.9. The lowest BCUT2D eigenvalue weighted by Crippen LogP contribution is -2.38. The van der Waals surface area contributed by atoms with Crippen LogP contribution in [0.15, 0.2) is 0 Å². The van der Waals surface area contributed by atoms with Crippen LogP contribution in [0.25, 0.3) is 0 Å². The molecule has 1 aliphatic rings. The summed E-state index contributed by atoms with van der Waals surface area (Å²) in [5.74, 6) is 2.42. The van der Waals surface area contributed by atoms with Crippen molar-refractivity contribution in [3.63, 3.8) is 0 Å². The van der Waals surface area contributed by atoms with Crippen LogP contribution in [0, 0.1) is 9.49 Å². The van der Waals surface area contributed by atoms with Gasteiger partial charge >= 0.3 is 0 Å². The maximum atomic E-state index is 5.76. The summed E-state index contributed by atoms with van der Waals surface area (Å²) >= 11 is 2.37. The second kappa shape index (κ2) is 7.22. The van der Waals surface area contributed by atoms with Crippen molar-refractivity contribution in [1.29, 1.82) is 0 Å². The largest absolute Gasteiger partial charge is 0.370 e. The molecule has 118 valence electrons. The molecule has 0 aromatic carbocycles. The highest BCUT2D eigenvalue weighted by Crippen LogP contribution is 2.43. The summed E-state index contributed by atoms with van der Waals surface area (Å²) in [5, 5.41) is 3.45. The lowest BCUT2D eigenvalue weighted by Gasteiger charge is -2.39. The van der Waals surface area contributed by atoms with Gasteiger partial charge in [-0.3, -0.25) is 0 Å². The van der Waals surface area contributed by atoms with Crippen LogP contribution < -0.4 is 5.32 Å². The standard InChI is InChI=1S/C16H26IN3O/c1-5-9-18-14-13(17)12(10-11(2)3)19-15(20-14)16(21-4)7-6-8-16/h11H,5-10H2,1-4H3,(H,18,19,20). The first-order chi connectivity index (χ1) is 10.0. The lowest BCUT2D eigenvalue weighted by atomic mass is 9.79. The van der Waals surface area contributed by atoms with E-state index in [1.54, 1.807) is 7.11 Å². The third-order valence-electron chi connectivity index (χ3n) is 4.02. The molecule has 2 rings (SSSR count). The molecule has 0 radical (unpaired) electrons. The molecule has 0 atom stereocenters. The molecule has 1 aliphatic carbocycles. The number of rotatable bonds is 7. The maximum Gasteiger partial charge on any atom is 0.162 e. The number of hydrogen-bond acceptors (Lipinski definition) is 4. The van der Waals surface area contributed by atoms with Crippen molar-refractivity contribution in [2.45, 2.75) is 58.5 Å². The third kappa shape index (κ3) is 3.67. The van der Waals surface area contributed by atoms with E-state index in [9.17, 15) is 0 Å². The van der Waals surface area contributed by atoms with Crippen molar-refractivity contribution in [3.05, 3.63) is 15.1 Å². The van der Waals surface area contributed by atoms with E-state index in [1.807, 2.05) is 0 Å². The number of aromatic nitrogens is 2. The first-order valence-corrected chi connectivity index (χ1v) is 8.96. The Kier molecular flexibility index (Phi) is 5.82. The van der Waals surface area contributed by atoms with Crippen LogP contribution in [0.5, 0.6) is 0 Å². The Morgan fingerprint density at radius 3 is 2.52 bits per heavy atom. The Bertz CT molecular complexity index is 481. The summed E-state index contributed by atoms with van der Waals surface area (Å²) < 4.78 is 6.92. The normalized spacial score (nSPS) is 16.9. The van der Waals surface area contributed by atoms with Crippen molar-refractivity contribution >= 4 is 28.4 Å². The Morgan fingerprint density at radius 1 is 1.33 bits per heavy atom. The summed E-state index contributed by atoms with van der Waals surface area (Å²) in [6.45, 7) is 7.56. The smallest absolute Gasteiger partial charge is 0.162 e. The fourth-order valence-corrected chi connectivity index (χ4v) is 3.25. The van der Waals surface area contributed by atoms with Crippen molar-refractivity contribution in [3.8, 4) is 0 Å². The van der Waals surface area contributed by atoms with Crippen LogP contribution in [0.4, 0.5) is 5.82 Å². The highest BCUT2D eigenvalue weighted by Gasteiger charge is 2.42. The van der Waals surface area contributed by atoms with E-state index in [1.165, 1.54) is 6.42 Å². The Morgan fingerprint density at radius 2 is 2.05 bits per heavy atom. The molecule has 0 spiro atoms. The van der Waals surface area contributed by atoms with Crippen molar-refractivity contribution in [2.24, 2.45) is 5.92 Å². The molecule has 1 saturated carbocycles. The Hall–Kier alpha value is -0.430. The number of halogens is 1. The van der Waals surface area contributed by atoms with Gasteiger partial charge in [-0.25, -0.2) is 9.97 Å². The van der Waals surface area contributed by atoms with E-state index < -0.39 is 0 Å². The molecule has 0 bridgehead atoms. The van der Waals surface area contributed by atoms with Gasteiger partial charge in [-0.1, -0.05) is 20.8 Å². The zero-order valence-electron chi connectivity index (χ0n) is 13.5. The maximum absolute atomic E-state index is 5.76. The van der Waals surface area contributed by atoms with E-state index in [-0.39, 0.29) is 5.60 Å². The minimum absolute atomic E-state index is 0.251. The van der Waals surface area contributed by atoms with Crippen molar-refractivity contribution < 1.29 is 4.74 Å². The minimum atomic E-state index is -0.251. The predicted molar refractivity (Wildman–Crippen MR) is 94.6 cm³/mol. The lowest BCUT2D eigenvalue weighted by molar-refractivity contribution is -0.0847. The van der Waals surface area contributed by atoms with Gasteiger partial charge in [-0.2, -0.15) is 0 Å². The first-order valence-electron chi connectivity index (χ1n) is 7.88. The molecule has 1 aromatic rings. The summed E-state index contributed by atoms with van der Waals surface area (Å²) in [6.07, 6.45) is 5.32. The molecule has 21 heavy (non-hydrogen) atoms. The SMILES string of the molecule is CCCNc1nc(C2(OC)CCC2)nc(CC(C)C)c1I. The van der Waals surface area contributed by atoms with Gasteiger partial charge < -0.3 is 10.1 Å². The topological polar surface area (TPSA) is 47.0 Å². The van der Waals surface area contributed by atoms with Crippen LogP contribution in [-0.2, 0) is 16.8 Å². The molecule has 4 nitrogen and oxygen atoms in total. The van der Waals surface area contributed by atoms with Crippen molar-refractivity contribution in [2.75, 3.05) is 19.0 Å². The molecule has 0 unspecified atom stereocenters. The monoisotopic (exact) mass is 403 g/mol. The summed E-state index contributed by atoms with van der Waals surface area (Å²) in [5.41, 5.74) is 0.899. The molecule has 5 heteroatoms. The second-order valence-electron chi connectivity index (χ2n) is 6.23. The Labute approximate surface area is 141 Å². The van der Waals surface area contributed by atoms with Gasteiger partial charge in [-0.05, 0) is 60.6 Å². The van der Waals surface area contributed by atoms with E-state index in [4.69, 9.17) is 14.7 Å². The molecule has 1 N–H and O–H groups in total. The molecule has 0 amide bonds. The van der Waals surface area contributed by atoms with Gasteiger partial charge in [0.05, 0.1) is 9.26 Å². The number of methoxy groups -OCH3 is 1. The quantitative estimate of drug-likeness (QED) is 0.696. The highest BCUT2D eigenvalue weighted by atomic mass is 127. The fraction of sp³-hybridized carbons (Fsp3) is 0.750. The van der Waals surface area contributed by atoms with Gasteiger partial charge in [-0.15, -0.1) is 0 Å². The molecular formula is C16H26IN3O. The van der Waals surface area contributed by atoms with Crippen LogP contribution in [0.2, 0.25) is 0 Å². The molecule has 0 aliphatic heterocycles. The number of nitrogens with zero attached hydrogens (tertiary/aromatic N) is 2. The predicted octanol–water partition coefficient (Wildman–Crippen LogP) is 4.13. The molecule has 1 fully saturated rings. The third-order valence-corrected chi connectivity index (χ3v) is 5.16. The van der Waals surface area contributed by atoms with Crippen LogP contribution in [0.1, 0.15) is 58.0 Å². The zero-order valence-corrected chi connectivity index (χ0v) is 15.7. The van der Waals surface area contributed by atoms with Gasteiger partial charge in [0.25, 0.3) is 0 Å². The highest BCUT2D eigenvalue weighted by molar-refractivity contribution is 14.1. The van der Waals surface area contributed by atoms with Gasteiger partial charge in [0.2, 0.25) is 0 Å². The minimum Gasteiger partial charge on any atom is -0.370 e. The number of ether oxygens (including phenoxy) is 1. The van der Waals surface area contributed by atoms with E-state index in [0.29, 0.717) is 5.92 Å². The Balaban J connectivity index is 2.40. The summed E-state index contributed by atoms with van der Waals surface area (Å²) in [4.78, 5) is 9.65. The number of hydrogen-bond donors (Lipinski definition) is 1. The van der Waals surface area contributed by atoms with Gasteiger partial charge in [0, 0.05) is 13.7 Å². The van der Waals surface area contributed by atoms with E-state index in [2.05, 4.69) is 48.7 Å². The number of nitrogens with one attached hydrogen (secondary N) is 1. The van der Waals surface area contributed by atoms with Crippen molar-refractivity contribution in [1.82, 2.24) is 9.97 Å². The fourth-order valence-electron chi connectivity index (χ4n) is 2.60. The molecular weight excluding hydrogens is 377 g/mol. The summed E-state index contributed by atoms with van der Waals surface area (Å²) in [7, 11) is 1.78. The molecule has 0 saturated heterocycles.